The first-order valence-electron chi connectivity index (χ1n) is 6.85. The molecule has 0 amide bonds. The van der Waals surface area contributed by atoms with Gasteiger partial charge in [-0.2, -0.15) is 0 Å². The van der Waals surface area contributed by atoms with Crippen LogP contribution in [0.2, 0.25) is 0 Å². The number of H-pyrrole nitrogens is 1. The van der Waals surface area contributed by atoms with Crippen molar-refractivity contribution in [2.75, 3.05) is 6.54 Å². The van der Waals surface area contributed by atoms with E-state index >= 15 is 0 Å². The lowest BCUT2D eigenvalue weighted by molar-refractivity contribution is 0.487. The Morgan fingerprint density at radius 3 is 2.53 bits per heavy atom. The smallest absolute Gasteiger partial charge is 0.111 e. The second kappa shape index (κ2) is 5.57. The molecule has 1 aromatic carbocycles. The van der Waals surface area contributed by atoms with Gasteiger partial charge in [-0.1, -0.05) is 26.0 Å². The molecule has 3 heteroatoms. The molecule has 0 saturated heterocycles. The first kappa shape index (κ1) is 13.8. The standard InChI is InChI=1S/C16H23N3/c1-10(2)14(8-17)16-18-9-15(19-16)13-6-5-11(3)12(4)7-13/h5-7,9-10,14H,8,17H2,1-4H3,(H,18,19). The van der Waals surface area contributed by atoms with Crippen LogP contribution in [-0.2, 0) is 0 Å². The maximum atomic E-state index is 5.84. The normalized spacial score (nSPS) is 12.9. The van der Waals surface area contributed by atoms with E-state index in [0.717, 1.165) is 11.5 Å². The van der Waals surface area contributed by atoms with Crippen molar-refractivity contribution in [2.45, 2.75) is 33.6 Å². The topological polar surface area (TPSA) is 54.7 Å². The van der Waals surface area contributed by atoms with Crippen LogP contribution in [-0.4, -0.2) is 16.5 Å². The summed E-state index contributed by atoms with van der Waals surface area (Å²) >= 11 is 0. The molecule has 19 heavy (non-hydrogen) atoms. The first-order valence-corrected chi connectivity index (χ1v) is 6.85. The van der Waals surface area contributed by atoms with Crippen molar-refractivity contribution in [2.24, 2.45) is 11.7 Å². The summed E-state index contributed by atoms with van der Waals surface area (Å²) in [5.41, 5.74) is 10.7. The Labute approximate surface area is 115 Å². The van der Waals surface area contributed by atoms with Crippen LogP contribution in [0.15, 0.2) is 24.4 Å². The van der Waals surface area contributed by atoms with E-state index in [1.165, 1.54) is 16.7 Å². The number of benzene rings is 1. The maximum Gasteiger partial charge on any atom is 0.111 e. The molecule has 0 aliphatic carbocycles. The van der Waals surface area contributed by atoms with Crippen molar-refractivity contribution < 1.29 is 0 Å². The van der Waals surface area contributed by atoms with Crippen molar-refractivity contribution >= 4 is 0 Å². The minimum Gasteiger partial charge on any atom is -0.342 e. The highest BCUT2D eigenvalue weighted by atomic mass is 14.9. The van der Waals surface area contributed by atoms with E-state index in [1.54, 1.807) is 0 Å². The zero-order valence-corrected chi connectivity index (χ0v) is 12.2. The van der Waals surface area contributed by atoms with Gasteiger partial charge in [0.1, 0.15) is 5.82 Å². The van der Waals surface area contributed by atoms with E-state index in [4.69, 9.17) is 5.73 Å². The molecule has 0 saturated carbocycles. The van der Waals surface area contributed by atoms with Crippen molar-refractivity contribution in [3.63, 3.8) is 0 Å². The monoisotopic (exact) mass is 257 g/mol. The van der Waals surface area contributed by atoms with Gasteiger partial charge in [-0.3, -0.25) is 0 Å². The van der Waals surface area contributed by atoms with Crippen LogP contribution in [0.4, 0.5) is 0 Å². The first-order chi connectivity index (χ1) is 9.02. The Hall–Kier alpha value is -1.61. The van der Waals surface area contributed by atoms with Crippen molar-refractivity contribution in [1.82, 2.24) is 9.97 Å². The highest BCUT2D eigenvalue weighted by Crippen LogP contribution is 2.25. The van der Waals surface area contributed by atoms with Gasteiger partial charge in [-0.15, -0.1) is 0 Å². The summed E-state index contributed by atoms with van der Waals surface area (Å²) in [6.07, 6.45) is 1.91. The lowest BCUT2D eigenvalue weighted by Gasteiger charge is -2.15. The minimum atomic E-state index is 0.292. The van der Waals surface area contributed by atoms with Crippen LogP contribution in [0.3, 0.4) is 0 Å². The van der Waals surface area contributed by atoms with Crippen LogP contribution in [0.25, 0.3) is 11.3 Å². The van der Waals surface area contributed by atoms with Gasteiger partial charge in [0.25, 0.3) is 0 Å². The maximum absolute atomic E-state index is 5.84. The predicted molar refractivity (Wildman–Crippen MR) is 80.1 cm³/mol. The Morgan fingerprint density at radius 2 is 1.95 bits per heavy atom. The highest BCUT2D eigenvalue weighted by molar-refractivity contribution is 5.60. The molecule has 0 fully saturated rings. The Balaban J connectivity index is 2.32. The fourth-order valence-electron chi connectivity index (χ4n) is 2.28. The molecule has 0 radical (unpaired) electrons. The van der Waals surface area contributed by atoms with Gasteiger partial charge in [0, 0.05) is 12.5 Å². The molecule has 1 atom stereocenters. The quantitative estimate of drug-likeness (QED) is 0.882. The van der Waals surface area contributed by atoms with Crippen LogP contribution in [0.5, 0.6) is 0 Å². The van der Waals surface area contributed by atoms with Crippen LogP contribution < -0.4 is 5.73 Å². The Morgan fingerprint density at radius 1 is 1.21 bits per heavy atom. The molecular weight excluding hydrogens is 234 g/mol. The molecule has 1 unspecified atom stereocenters. The third-order valence-corrected chi connectivity index (χ3v) is 3.82. The van der Waals surface area contributed by atoms with E-state index in [1.807, 2.05) is 6.20 Å². The SMILES string of the molecule is Cc1ccc(-c2cnc(C(CN)C(C)C)[nH]2)cc1C. The summed E-state index contributed by atoms with van der Waals surface area (Å²) in [7, 11) is 0. The van der Waals surface area contributed by atoms with Crippen molar-refractivity contribution in [1.29, 1.82) is 0 Å². The number of nitrogens with one attached hydrogen (secondary N) is 1. The second-order valence-corrected chi connectivity index (χ2v) is 5.57. The van der Waals surface area contributed by atoms with Gasteiger partial charge in [-0.25, -0.2) is 4.98 Å². The third kappa shape index (κ3) is 2.87. The number of rotatable bonds is 4. The molecule has 0 aliphatic heterocycles. The van der Waals surface area contributed by atoms with Crippen LogP contribution in [0, 0.1) is 19.8 Å². The molecule has 1 heterocycles. The summed E-state index contributed by atoms with van der Waals surface area (Å²) in [5.74, 6) is 1.77. The Kier molecular flexibility index (Phi) is 4.05. The van der Waals surface area contributed by atoms with Crippen molar-refractivity contribution in [3.8, 4) is 11.3 Å². The summed E-state index contributed by atoms with van der Waals surface area (Å²) in [6, 6.07) is 6.47. The number of nitrogens with two attached hydrogens (primary N) is 1. The number of aryl methyl sites for hydroxylation is 2. The van der Waals surface area contributed by atoms with Crippen molar-refractivity contribution in [3.05, 3.63) is 41.3 Å². The van der Waals surface area contributed by atoms with E-state index in [0.29, 0.717) is 18.4 Å². The number of aromatic nitrogens is 2. The van der Waals surface area contributed by atoms with Gasteiger partial charge in [-0.05, 0) is 42.5 Å². The largest absolute Gasteiger partial charge is 0.342 e. The lowest BCUT2D eigenvalue weighted by Crippen LogP contribution is -2.19. The van der Waals surface area contributed by atoms with Gasteiger partial charge >= 0.3 is 0 Å². The van der Waals surface area contributed by atoms with Gasteiger partial charge < -0.3 is 10.7 Å². The molecule has 2 aromatic rings. The lowest BCUT2D eigenvalue weighted by atomic mass is 9.95. The molecule has 1 aromatic heterocycles. The zero-order chi connectivity index (χ0) is 14.0. The Bertz CT molecular complexity index is 555. The van der Waals surface area contributed by atoms with Gasteiger partial charge in [0.2, 0.25) is 0 Å². The van der Waals surface area contributed by atoms with E-state index in [2.05, 4.69) is 55.9 Å². The fraction of sp³-hybridized carbons (Fsp3) is 0.438. The molecule has 0 bridgehead atoms. The molecule has 0 aliphatic rings. The number of aromatic amines is 1. The fourth-order valence-corrected chi connectivity index (χ4v) is 2.28. The summed E-state index contributed by atoms with van der Waals surface area (Å²) < 4.78 is 0. The molecule has 102 valence electrons. The molecule has 3 N–H and O–H groups in total. The molecule has 0 spiro atoms. The zero-order valence-electron chi connectivity index (χ0n) is 12.2. The van der Waals surface area contributed by atoms with Gasteiger partial charge in [0.05, 0.1) is 11.9 Å². The predicted octanol–water partition coefficient (Wildman–Crippen LogP) is 3.39. The third-order valence-electron chi connectivity index (χ3n) is 3.82. The summed E-state index contributed by atoms with van der Waals surface area (Å²) in [6.45, 7) is 9.23. The van der Waals surface area contributed by atoms with E-state index in [9.17, 15) is 0 Å². The summed E-state index contributed by atoms with van der Waals surface area (Å²) in [4.78, 5) is 7.92. The average Bonchev–Trinajstić information content (AvgIpc) is 2.82. The summed E-state index contributed by atoms with van der Waals surface area (Å²) in [5, 5.41) is 0. The minimum absolute atomic E-state index is 0.292. The van der Waals surface area contributed by atoms with E-state index in [-0.39, 0.29) is 0 Å². The number of hydrogen-bond donors (Lipinski definition) is 2. The van der Waals surface area contributed by atoms with Crippen LogP contribution in [0.1, 0.15) is 36.7 Å². The number of hydrogen-bond acceptors (Lipinski definition) is 2. The number of nitrogens with zero attached hydrogens (tertiary/aromatic N) is 1. The van der Waals surface area contributed by atoms with Crippen LogP contribution >= 0.6 is 0 Å². The molecular formula is C16H23N3. The number of imidazole rings is 1. The average molecular weight is 257 g/mol. The molecule has 2 rings (SSSR count). The second-order valence-electron chi connectivity index (χ2n) is 5.57. The molecule has 3 nitrogen and oxygen atoms in total. The van der Waals surface area contributed by atoms with Gasteiger partial charge in [0.15, 0.2) is 0 Å². The van der Waals surface area contributed by atoms with E-state index < -0.39 is 0 Å². The highest BCUT2D eigenvalue weighted by Gasteiger charge is 2.17.